The van der Waals surface area contributed by atoms with E-state index < -0.39 is 10.2 Å². The highest BCUT2D eigenvalue weighted by Gasteiger charge is 2.33. The van der Waals surface area contributed by atoms with Crippen LogP contribution in [0.5, 0.6) is 0 Å². The fourth-order valence-electron chi connectivity index (χ4n) is 3.82. The Morgan fingerprint density at radius 2 is 1.62 bits per heavy atom. The normalized spacial score (nSPS) is 25.6. The number of benzene rings is 1. The first kappa shape index (κ1) is 19.6. The van der Waals surface area contributed by atoms with Gasteiger partial charge in [-0.25, -0.2) is 0 Å². The van der Waals surface area contributed by atoms with Gasteiger partial charge in [-0.1, -0.05) is 12.1 Å². The van der Waals surface area contributed by atoms with Gasteiger partial charge in [0.05, 0.1) is 12.2 Å². The van der Waals surface area contributed by atoms with Crippen molar-refractivity contribution >= 4 is 15.9 Å². The molecule has 0 saturated carbocycles. The molecule has 2 atom stereocenters. The summed E-state index contributed by atoms with van der Waals surface area (Å²) in [5.74, 6) is 0. The van der Waals surface area contributed by atoms with E-state index in [1.165, 1.54) is 33.6 Å². The van der Waals surface area contributed by atoms with Crippen molar-refractivity contribution in [1.29, 1.82) is 0 Å². The Balaban J connectivity index is 1.64. The molecule has 2 saturated heterocycles. The van der Waals surface area contributed by atoms with Gasteiger partial charge in [-0.15, -0.1) is 0 Å². The van der Waals surface area contributed by atoms with E-state index in [0.29, 0.717) is 19.6 Å². The number of hydrogen-bond donors (Lipinski definition) is 0. The molecule has 0 N–H and O–H groups in total. The number of anilines is 1. The Morgan fingerprint density at radius 1 is 1.04 bits per heavy atom. The molecule has 2 aliphatic heterocycles. The molecule has 3 rings (SSSR count). The topological polar surface area (TPSA) is 53.1 Å². The summed E-state index contributed by atoms with van der Waals surface area (Å²) in [6.07, 6.45) is 3.66. The molecule has 0 spiro atoms. The number of morpholine rings is 1. The summed E-state index contributed by atoms with van der Waals surface area (Å²) in [6, 6.07) is 8.31. The number of nitrogens with zero attached hydrogens (tertiary/aromatic N) is 3. The molecule has 2 fully saturated rings. The largest absolute Gasteiger partial charge is 0.373 e. The molecule has 2 heterocycles. The minimum atomic E-state index is -3.48. The van der Waals surface area contributed by atoms with Crippen molar-refractivity contribution in [3.8, 4) is 0 Å². The van der Waals surface area contributed by atoms with Crippen LogP contribution < -0.4 is 4.90 Å². The summed E-state index contributed by atoms with van der Waals surface area (Å²) in [5.41, 5.74) is 2.24. The van der Waals surface area contributed by atoms with Crippen molar-refractivity contribution in [3.63, 3.8) is 0 Å². The van der Waals surface area contributed by atoms with E-state index in [9.17, 15) is 8.42 Å². The molecule has 7 heteroatoms. The maximum absolute atomic E-state index is 12.9. The van der Waals surface area contributed by atoms with Crippen LogP contribution in [-0.2, 0) is 21.5 Å². The second-order valence-corrected chi connectivity index (χ2v) is 9.59. The van der Waals surface area contributed by atoms with Crippen LogP contribution in [0.25, 0.3) is 0 Å². The molecule has 0 aromatic heterocycles. The lowest BCUT2D eigenvalue weighted by Gasteiger charge is -2.36. The zero-order valence-corrected chi connectivity index (χ0v) is 16.9. The quantitative estimate of drug-likeness (QED) is 0.786. The van der Waals surface area contributed by atoms with Crippen LogP contribution in [-0.4, -0.2) is 62.5 Å². The monoisotopic (exact) mass is 381 g/mol. The van der Waals surface area contributed by atoms with E-state index in [1.807, 2.05) is 26.0 Å². The van der Waals surface area contributed by atoms with Crippen molar-refractivity contribution in [2.75, 3.05) is 38.1 Å². The van der Waals surface area contributed by atoms with Gasteiger partial charge >= 0.3 is 0 Å². The Kier molecular flexibility index (Phi) is 6.22. The molecule has 1 aromatic rings. The van der Waals surface area contributed by atoms with Crippen LogP contribution in [0.4, 0.5) is 5.69 Å². The Morgan fingerprint density at radius 3 is 2.19 bits per heavy atom. The van der Waals surface area contributed by atoms with Gasteiger partial charge < -0.3 is 9.64 Å². The lowest BCUT2D eigenvalue weighted by Crippen LogP contribution is -2.52. The third-order valence-corrected chi connectivity index (χ3v) is 7.04. The predicted molar refractivity (Wildman–Crippen MR) is 104 cm³/mol. The van der Waals surface area contributed by atoms with E-state index in [4.69, 9.17) is 4.74 Å². The minimum Gasteiger partial charge on any atom is -0.373 e. The first-order valence-electron chi connectivity index (χ1n) is 9.57. The average Bonchev–Trinajstić information content (AvgIpc) is 2.62. The summed E-state index contributed by atoms with van der Waals surface area (Å²) in [5, 5.41) is 0. The smallest absolute Gasteiger partial charge is 0.282 e. The Labute approximate surface area is 157 Å². The van der Waals surface area contributed by atoms with Crippen molar-refractivity contribution in [3.05, 3.63) is 29.8 Å². The highest BCUT2D eigenvalue weighted by molar-refractivity contribution is 7.86. The molecule has 2 aliphatic rings. The van der Waals surface area contributed by atoms with Gasteiger partial charge in [0.1, 0.15) is 0 Å². The molecule has 0 aliphatic carbocycles. The van der Waals surface area contributed by atoms with E-state index in [2.05, 4.69) is 17.0 Å². The highest BCUT2D eigenvalue weighted by atomic mass is 32.2. The highest BCUT2D eigenvalue weighted by Crippen LogP contribution is 2.22. The van der Waals surface area contributed by atoms with Crippen molar-refractivity contribution < 1.29 is 13.2 Å². The predicted octanol–water partition coefficient (Wildman–Crippen LogP) is 2.46. The van der Waals surface area contributed by atoms with Gasteiger partial charge in [-0.3, -0.25) is 0 Å². The van der Waals surface area contributed by atoms with E-state index >= 15 is 0 Å². The Bertz CT molecular complexity index is 676. The molecule has 0 amide bonds. The maximum Gasteiger partial charge on any atom is 0.282 e. The second kappa shape index (κ2) is 8.25. The molecule has 2 unspecified atom stereocenters. The maximum atomic E-state index is 12.9. The first-order chi connectivity index (χ1) is 12.4. The average molecular weight is 382 g/mol. The van der Waals surface area contributed by atoms with E-state index in [-0.39, 0.29) is 12.2 Å². The van der Waals surface area contributed by atoms with Crippen LogP contribution in [0.1, 0.15) is 38.7 Å². The minimum absolute atomic E-state index is 0.0780. The van der Waals surface area contributed by atoms with Crippen molar-refractivity contribution in [1.82, 2.24) is 8.61 Å². The third kappa shape index (κ3) is 4.57. The molecular formula is C19H31N3O3S. The van der Waals surface area contributed by atoms with Crippen molar-refractivity contribution in [2.24, 2.45) is 0 Å². The van der Waals surface area contributed by atoms with Crippen LogP contribution in [0.15, 0.2) is 24.3 Å². The molecule has 1 aromatic carbocycles. The molecule has 0 bridgehead atoms. The second-order valence-electron chi connectivity index (χ2n) is 7.55. The summed E-state index contributed by atoms with van der Waals surface area (Å²) in [4.78, 5) is 2.41. The van der Waals surface area contributed by atoms with Gasteiger partial charge in [0, 0.05) is 45.5 Å². The fraction of sp³-hybridized carbons (Fsp3) is 0.684. The fourth-order valence-corrected chi connectivity index (χ4v) is 5.32. The van der Waals surface area contributed by atoms with Gasteiger partial charge in [0.25, 0.3) is 10.2 Å². The summed E-state index contributed by atoms with van der Waals surface area (Å²) in [7, 11) is -1.83. The lowest BCUT2D eigenvalue weighted by molar-refractivity contribution is -0.0453. The lowest BCUT2D eigenvalue weighted by atomic mass is 10.1. The van der Waals surface area contributed by atoms with E-state index in [1.54, 1.807) is 7.05 Å². The van der Waals surface area contributed by atoms with Crippen molar-refractivity contribution in [2.45, 2.75) is 51.9 Å². The first-order valence-corrected chi connectivity index (χ1v) is 11.0. The molecule has 6 nitrogen and oxygen atoms in total. The van der Waals surface area contributed by atoms with Gasteiger partial charge in [-0.2, -0.15) is 17.0 Å². The summed E-state index contributed by atoms with van der Waals surface area (Å²) in [6.45, 7) is 7.25. The Hall–Kier alpha value is -1.15. The van der Waals surface area contributed by atoms with Gasteiger partial charge in [-0.05, 0) is 50.8 Å². The third-order valence-electron chi connectivity index (χ3n) is 5.17. The van der Waals surface area contributed by atoms with Crippen LogP contribution in [0.3, 0.4) is 0 Å². The number of piperidine rings is 1. The van der Waals surface area contributed by atoms with E-state index in [0.717, 1.165) is 18.7 Å². The summed E-state index contributed by atoms with van der Waals surface area (Å²) >= 11 is 0. The van der Waals surface area contributed by atoms with Crippen LogP contribution >= 0.6 is 0 Å². The number of ether oxygens (including phenoxy) is 1. The molecular weight excluding hydrogens is 350 g/mol. The SMILES string of the molecule is CC1CN(S(=O)(=O)N(C)Cc2ccc(N3CCCCC3)cc2)CC(C)O1. The standard InChI is InChI=1S/C19H31N3O3S/c1-16-13-22(14-17(2)25-16)26(23,24)20(3)15-18-7-9-19(10-8-18)21-11-5-4-6-12-21/h7-10,16-17H,4-6,11-15H2,1-3H3. The van der Waals surface area contributed by atoms with Gasteiger partial charge in [0.15, 0.2) is 0 Å². The molecule has 26 heavy (non-hydrogen) atoms. The number of rotatable bonds is 5. The zero-order valence-electron chi connectivity index (χ0n) is 16.1. The molecule has 146 valence electrons. The zero-order chi connectivity index (χ0) is 18.7. The van der Waals surface area contributed by atoms with Crippen LogP contribution in [0, 0.1) is 0 Å². The molecule has 0 radical (unpaired) electrons. The van der Waals surface area contributed by atoms with Crippen LogP contribution in [0.2, 0.25) is 0 Å². The summed E-state index contributed by atoms with van der Waals surface area (Å²) < 4.78 is 34.4. The number of hydrogen-bond acceptors (Lipinski definition) is 4. The van der Waals surface area contributed by atoms with Gasteiger partial charge in [0.2, 0.25) is 0 Å².